The van der Waals surface area contributed by atoms with Crippen LogP contribution in [0.4, 0.5) is 5.69 Å². The standard InChI is InChI=1S/C19H22N2O2S.C4H4O4/c1-14(22)21-16-9-4-6-11-18(16)24-19(21)15-8-3-5-10-17(15)23-13-7-12-20-2;5-3(6)1-2-4(7)8/h3-6,8-11,19-20H,7,12-13H2,1-2H3;1-2H,(H,5,6)(H,7,8)/b;2-1+. The van der Waals surface area contributed by atoms with Crippen LogP contribution in [0.2, 0.25) is 0 Å². The summed E-state index contributed by atoms with van der Waals surface area (Å²) < 4.78 is 5.99. The highest BCUT2D eigenvalue weighted by Crippen LogP contribution is 2.52. The van der Waals surface area contributed by atoms with Crippen LogP contribution in [0.25, 0.3) is 0 Å². The molecular weight excluding hydrogens is 432 g/mol. The maximum absolute atomic E-state index is 12.3. The number of anilines is 1. The van der Waals surface area contributed by atoms with Crippen molar-refractivity contribution in [2.24, 2.45) is 0 Å². The largest absolute Gasteiger partial charge is 0.493 e. The zero-order valence-electron chi connectivity index (χ0n) is 17.9. The Morgan fingerprint density at radius 1 is 1.06 bits per heavy atom. The number of nitrogens with zero attached hydrogens (tertiary/aromatic N) is 1. The van der Waals surface area contributed by atoms with E-state index in [9.17, 15) is 14.4 Å². The molecule has 1 unspecified atom stereocenters. The summed E-state index contributed by atoms with van der Waals surface area (Å²) in [6.45, 7) is 3.19. The minimum atomic E-state index is -1.26. The van der Waals surface area contributed by atoms with Crippen molar-refractivity contribution < 1.29 is 29.3 Å². The minimum Gasteiger partial charge on any atom is -0.493 e. The lowest BCUT2D eigenvalue weighted by Gasteiger charge is -2.25. The van der Waals surface area contributed by atoms with Gasteiger partial charge in [0.05, 0.1) is 12.3 Å². The number of carbonyl (C=O) groups is 3. The van der Waals surface area contributed by atoms with Gasteiger partial charge in [0.15, 0.2) is 0 Å². The van der Waals surface area contributed by atoms with Crippen molar-refractivity contribution in [3.8, 4) is 5.75 Å². The van der Waals surface area contributed by atoms with Gasteiger partial charge in [0, 0.05) is 29.5 Å². The fourth-order valence-corrected chi connectivity index (χ4v) is 4.36. The van der Waals surface area contributed by atoms with Crippen molar-refractivity contribution in [3.63, 3.8) is 0 Å². The summed E-state index contributed by atoms with van der Waals surface area (Å²) in [6.07, 6.45) is 2.06. The highest BCUT2D eigenvalue weighted by molar-refractivity contribution is 8.00. The van der Waals surface area contributed by atoms with Gasteiger partial charge in [0.25, 0.3) is 0 Å². The van der Waals surface area contributed by atoms with E-state index in [0.29, 0.717) is 18.8 Å². The van der Waals surface area contributed by atoms with Gasteiger partial charge in [-0.3, -0.25) is 9.69 Å². The summed E-state index contributed by atoms with van der Waals surface area (Å²) in [5.41, 5.74) is 2.02. The number of carboxylic acids is 2. The second-order valence-electron chi connectivity index (χ2n) is 6.68. The lowest BCUT2D eigenvalue weighted by molar-refractivity contribution is -0.134. The molecule has 0 aromatic heterocycles. The van der Waals surface area contributed by atoms with Gasteiger partial charge in [-0.1, -0.05) is 42.1 Å². The average Bonchev–Trinajstić information content (AvgIpc) is 3.16. The maximum atomic E-state index is 12.3. The average molecular weight is 459 g/mol. The number of hydrogen-bond donors (Lipinski definition) is 3. The van der Waals surface area contributed by atoms with Crippen LogP contribution in [0, 0.1) is 0 Å². The zero-order chi connectivity index (χ0) is 23.5. The summed E-state index contributed by atoms with van der Waals surface area (Å²) in [6, 6.07) is 16.0. The Morgan fingerprint density at radius 3 is 2.31 bits per heavy atom. The van der Waals surface area contributed by atoms with Gasteiger partial charge in [-0.25, -0.2) is 9.59 Å². The van der Waals surface area contributed by atoms with Crippen molar-refractivity contribution >= 4 is 35.3 Å². The minimum absolute atomic E-state index is 0.0439. The molecule has 0 saturated carbocycles. The summed E-state index contributed by atoms with van der Waals surface area (Å²) in [5.74, 6) is -1.62. The fourth-order valence-electron chi connectivity index (χ4n) is 2.98. The van der Waals surface area contributed by atoms with Crippen molar-refractivity contribution in [2.75, 3.05) is 25.1 Å². The molecule has 0 fully saturated rings. The van der Waals surface area contributed by atoms with E-state index in [4.69, 9.17) is 14.9 Å². The number of amides is 1. The van der Waals surface area contributed by atoms with E-state index in [2.05, 4.69) is 11.4 Å². The topological polar surface area (TPSA) is 116 Å². The summed E-state index contributed by atoms with van der Waals surface area (Å²) >= 11 is 1.70. The molecule has 0 radical (unpaired) electrons. The molecule has 2 aromatic rings. The first-order valence-electron chi connectivity index (χ1n) is 9.91. The first-order chi connectivity index (χ1) is 15.3. The SMILES string of the molecule is CNCCCOc1ccccc1C1Sc2ccccc2N1C(C)=O.O=C(O)/C=C/C(=O)O. The third-order valence-electron chi connectivity index (χ3n) is 4.32. The van der Waals surface area contributed by atoms with Crippen LogP contribution < -0.4 is 15.0 Å². The van der Waals surface area contributed by atoms with Crippen LogP contribution in [-0.4, -0.2) is 48.3 Å². The molecule has 1 aliphatic heterocycles. The van der Waals surface area contributed by atoms with Crippen molar-refractivity contribution in [1.29, 1.82) is 0 Å². The number of fused-ring (bicyclic) bond motifs is 1. The van der Waals surface area contributed by atoms with E-state index in [1.807, 2.05) is 54.4 Å². The summed E-state index contributed by atoms with van der Waals surface area (Å²) in [7, 11) is 1.94. The van der Waals surface area contributed by atoms with Crippen molar-refractivity contribution in [3.05, 3.63) is 66.2 Å². The summed E-state index contributed by atoms with van der Waals surface area (Å²) in [5, 5.41) is 18.7. The molecule has 32 heavy (non-hydrogen) atoms. The van der Waals surface area contributed by atoms with E-state index in [0.717, 1.165) is 34.9 Å². The third-order valence-corrected chi connectivity index (χ3v) is 5.61. The molecule has 1 amide bonds. The normalized spacial score (nSPS) is 14.4. The molecule has 0 spiro atoms. The molecular formula is C23H26N2O6S. The highest BCUT2D eigenvalue weighted by Gasteiger charge is 2.35. The van der Waals surface area contributed by atoms with Gasteiger partial charge in [-0.05, 0) is 38.2 Å². The van der Waals surface area contributed by atoms with Crippen molar-refractivity contribution in [1.82, 2.24) is 5.32 Å². The molecule has 3 N–H and O–H groups in total. The molecule has 0 aliphatic carbocycles. The molecule has 170 valence electrons. The van der Waals surface area contributed by atoms with Crippen LogP contribution >= 0.6 is 11.8 Å². The first-order valence-corrected chi connectivity index (χ1v) is 10.8. The Labute approximate surface area is 190 Å². The van der Waals surface area contributed by atoms with Gasteiger partial charge in [0.1, 0.15) is 11.1 Å². The number of aliphatic carboxylic acids is 2. The van der Waals surface area contributed by atoms with Gasteiger partial charge in [0.2, 0.25) is 5.91 Å². The number of rotatable bonds is 8. The number of thioether (sulfide) groups is 1. The molecule has 1 aliphatic rings. The number of benzene rings is 2. The lowest BCUT2D eigenvalue weighted by atomic mass is 10.1. The smallest absolute Gasteiger partial charge is 0.328 e. The molecule has 8 nitrogen and oxygen atoms in total. The molecule has 0 saturated heterocycles. The molecule has 1 atom stereocenters. The number of hydrogen-bond acceptors (Lipinski definition) is 6. The van der Waals surface area contributed by atoms with Gasteiger partial charge < -0.3 is 20.3 Å². The van der Waals surface area contributed by atoms with Crippen LogP contribution in [-0.2, 0) is 14.4 Å². The number of nitrogens with one attached hydrogen (secondary N) is 1. The van der Waals surface area contributed by atoms with E-state index >= 15 is 0 Å². The molecule has 3 rings (SSSR count). The Hall–Kier alpha value is -3.30. The van der Waals surface area contributed by atoms with Crippen LogP contribution in [0.3, 0.4) is 0 Å². The zero-order valence-corrected chi connectivity index (χ0v) is 18.7. The van der Waals surface area contributed by atoms with E-state index in [1.54, 1.807) is 18.7 Å². The van der Waals surface area contributed by atoms with Crippen molar-refractivity contribution in [2.45, 2.75) is 23.6 Å². The number of ether oxygens (including phenoxy) is 1. The van der Waals surface area contributed by atoms with Crippen LogP contribution in [0.15, 0.2) is 65.6 Å². The second kappa shape index (κ2) is 12.5. The predicted molar refractivity (Wildman–Crippen MR) is 123 cm³/mol. The quantitative estimate of drug-likeness (QED) is 0.406. The number of para-hydroxylation sites is 2. The van der Waals surface area contributed by atoms with Gasteiger partial charge in [-0.15, -0.1) is 0 Å². The Balaban J connectivity index is 0.000000390. The molecule has 0 bridgehead atoms. The van der Waals surface area contributed by atoms with Gasteiger partial charge in [-0.2, -0.15) is 0 Å². The molecule has 2 aromatic carbocycles. The Morgan fingerprint density at radius 2 is 1.69 bits per heavy atom. The summed E-state index contributed by atoms with van der Waals surface area (Å²) in [4.78, 5) is 34.4. The lowest BCUT2D eigenvalue weighted by Crippen LogP contribution is -2.28. The van der Waals surface area contributed by atoms with E-state index in [1.165, 1.54) is 0 Å². The number of carbonyl (C=O) groups excluding carboxylic acids is 1. The van der Waals surface area contributed by atoms with Gasteiger partial charge >= 0.3 is 11.9 Å². The van der Waals surface area contributed by atoms with Crippen LogP contribution in [0.1, 0.15) is 24.3 Å². The maximum Gasteiger partial charge on any atom is 0.328 e. The fraction of sp³-hybridized carbons (Fsp3) is 0.261. The molecule has 9 heteroatoms. The third kappa shape index (κ3) is 7.14. The first kappa shape index (κ1) is 25.0. The number of carboxylic acid groups (broad SMARTS) is 2. The molecule has 1 heterocycles. The van der Waals surface area contributed by atoms with E-state index in [-0.39, 0.29) is 11.3 Å². The monoisotopic (exact) mass is 458 g/mol. The van der Waals surface area contributed by atoms with Crippen LogP contribution in [0.5, 0.6) is 5.75 Å². The second-order valence-corrected chi connectivity index (χ2v) is 7.80. The predicted octanol–water partition coefficient (Wildman–Crippen LogP) is 3.54. The Bertz CT molecular complexity index is 962. The highest BCUT2D eigenvalue weighted by atomic mass is 32.2. The Kier molecular flexibility index (Phi) is 9.77. The van der Waals surface area contributed by atoms with E-state index < -0.39 is 11.9 Å².